The van der Waals surface area contributed by atoms with Gasteiger partial charge in [0.05, 0.1) is 12.6 Å². The Balaban J connectivity index is 2.06. The molecular formula is C11H24N4O2. The molecule has 0 aliphatic carbocycles. The molecule has 1 aliphatic rings. The van der Waals surface area contributed by atoms with Crippen LogP contribution in [-0.4, -0.2) is 76.9 Å². The number of nitrogens with zero attached hydrogens (tertiary/aromatic N) is 1. The quantitative estimate of drug-likeness (QED) is 0.495. The van der Waals surface area contributed by atoms with Crippen molar-refractivity contribution in [3.05, 3.63) is 0 Å². The molecule has 6 heteroatoms. The first-order valence-corrected chi connectivity index (χ1v) is 6.13. The highest BCUT2D eigenvalue weighted by atomic mass is 16.5. The van der Waals surface area contributed by atoms with E-state index in [0.29, 0.717) is 13.1 Å². The average molecular weight is 244 g/mol. The number of carbonyl (C=O) groups is 1. The van der Waals surface area contributed by atoms with Gasteiger partial charge in [0.25, 0.3) is 0 Å². The van der Waals surface area contributed by atoms with E-state index in [1.807, 2.05) is 7.05 Å². The smallest absolute Gasteiger partial charge is 0.238 e. The molecule has 0 aromatic rings. The molecular weight excluding hydrogens is 220 g/mol. The van der Waals surface area contributed by atoms with Crippen LogP contribution in [0.1, 0.15) is 0 Å². The third-order valence-corrected chi connectivity index (χ3v) is 2.83. The van der Waals surface area contributed by atoms with Crippen molar-refractivity contribution in [3.63, 3.8) is 0 Å². The maximum absolute atomic E-state index is 11.7. The standard InChI is InChI=1S/C11H24N4O2/c1-15(7-8-17-2)6-5-14-11(16)10-9-12-3-4-13-10/h10,12-13H,3-9H2,1-2H3,(H,14,16). The van der Waals surface area contributed by atoms with Crippen LogP contribution in [0, 0.1) is 0 Å². The molecule has 0 aromatic carbocycles. The fourth-order valence-corrected chi connectivity index (χ4v) is 1.69. The van der Waals surface area contributed by atoms with Crippen molar-refractivity contribution < 1.29 is 9.53 Å². The van der Waals surface area contributed by atoms with E-state index in [9.17, 15) is 4.79 Å². The van der Waals surface area contributed by atoms with Crippen molar-refractivity contribution in [1.82, 2.24) is 20.9 Å². The van der Waals surface area contributed by atoms with Crippen LogP contribution >= 0.6 is 0 Å². The summed E-state index contributed by atoms with van der Waals surface area (Å²) < 4.78 is 4.99. The zero-order valence-corrected chi connectivity index (χ0v) is 10.8. The Morgan fingerprint density at radius 2 is 2.29 bits per heavy atom. The molecule has 1 atom stereocenters. The van der Waals surface area contributed by atoms with Gasteiger partial charge in [-0.3, -0.25) is 4.79 Å². The highest BCUT2D eigenvalue weighted by Crippen LogP contribution is 1.87. The van der Waals surface area contributed by atoms with Gasteiger partial charge < -0.3 is 25.6 Å². The molecule has 17 heavy (non-hydrogen) atoms. The van der Waals surface area contributed by atoms with Crippen LogP contribution in [0.5, 0.6) is 0 Å². The van der Waals surface area contributed by atoms with Gasteiger partial charge in [-0.15, -0.1) is 0 Å². The summed E-state index contributed by atoms with van der Waals surface area (Å²) in [5.41, 5.74) is 0. The highest BCUT2D eigenvalue weighted by Gasteiger charge is 2.19. The lowest BCUT2D eigenvalue weighted by molar-refractivity contribution is -0.123. The van der Waals surface area contributed by atoms with Crippen LogP contribution in [0.15, 0.2) is 0 Å². The molecule has 1 fully saturated rings. The lowest BCUT2D eigenvalue weighted by atomic mass is 10.2. The van der Waals surface area contributed by atoms with Gasteiger partial charge >= 0.3 is 0 Å². The SMILES string of the molecule is COCCN(C)CCNC(=O)C1CNCCN1. The molecule has 0 saturated carbocycles. The minimum atomic E-state index is -0.0898. The van der Waals surface area contributed by atoms with E-state index in [4.69, 9.17) is 4.74 Å². The molecule has 0 radical (unpaired) electrons. The van der Waals surface area contributed by atoms with Crippen molar-refractivity contribution in [1.29, 1.82) is 0 Å². The molecule has 100 valence electrons. The minimum Gasteiger partial charge on any atom is -0.383 e. The second-order valence-corrected chi connectivity index (χ2v) is 4.30. The summed E-state index contributed by atoms with van der Waals surface area (Å²) in [5, 5.41) is 9.31. The molecule has 0 aromatic heterocycles. The van der Waals surface area contributed by atoms with Crippen LogP contribution in [0.25, 0.3) is 0 Å². The number of hydrogen-bond acceptors (Lipinski definition) is 5. The number of methoxy groups -OCH3 is 1. The highest BCUT2D eigenvalue weighted by molar-refractivity contribution is 5.82. The summed E-state index contributed by atoms with van der Waals surface area (Å²) in [5.74, 6) is 0.0809. The zero-order valence-electron chi connectivity index (χ0n) is 10.8. The molecule has 1 rings (SSSR count). The summed E-state index contributed by atoms with van der Waals surface area (Å²) >= 11 is 0. The monoisotopic (exact) mass is 244 g/mol. The van der Waals surface area contributed by atoms with E-state index >= 15 is 0 Å². The Hall–Kier alpha value is -0.690. The molecule has 1 heterocycles. The lowest BCUT2D eigenvalue weighted by Gasteiger charge is -2.24. The molecule has 1 amide bonds. The van der Waals surface area contributed by atoms with Crippen molar-refractivity contribution in [2.45, 2.75) is 6.04 Å². The topological polar surface area (TPSA) is 65.6 Å². The summed E-state index contributed by atoms with van der Waals surface area (Å²) in [7, 11) is 3.71. The number of rotatable bonds is 7. The summed E-state index contributed by atoms with van der Waals surface area (Å²) in [6.45, 7) is 5.63. The van der Waals surface area contributed by atoms with Crippen molar-refractivity contribution >= 4 is 5.91 Å². The van der Waals surface area contributed by atoms with Gasteiger partial charge in [0.2, 0.25) is 5.91 Å². The van der Waals surface area contributed by atoms with Crippen LogP contribution in [-0.2, 0) is 9.53 Å². The number of amides is 1. The summed E-state index contributed by atoms with van der Waals surface area (Å²) in [6.07, 6.45) is 0. The number of ether oxygens (including phenoxy) is 1. The number of hydrogen-bond donors (Lipinski definition) is 3. The predicted molar refractivity (Wildman–Crippen MR) is 67.0 cm³/mol. The maximum Gasteiger partial charge on any atom is 0.238 e. The van der Waals surface area contributed by atoms with E-state index in [1.54, 1.807) is 7.11 Å². The van der Waals surface area contributed by atoms with Crippen molar-refractivity contribution in [3.8, 4) is 0 Å². The average Bonchev–Trinajstić information content (AvgIpc) is 2.37. The van der Waals surface area contributed by atoms with Gasteiger partial charge in [0.1, 0.15) is 0 Å². The third kappa shape index (κ3) is 5.97. The summed E-state index contributed by atoms with van der Waals surface area (Å²) in [6, 6.07) is -0.0898. The Bertz CT molecular complexity index is 220. The summed E-state index contributed by atoms with van der Waals surface area (Å²) in [4.78, 5) is 13.9. The maximum atomic E-state index is 11.7. The van der Waals surface area contributed by atoms with Gasteiger partial charge in [0, 0.05) is 46.4 Å². The Labute approximate surface area is 103 Å². The van der Waals surface area contributed by atoms with Gasteiger partial charge in [-0.05, 0) is 7.05 Å². The van der Waals surface area contributed by atoms with Gasteiger partial charge in [-0.2, -0.15) is 0 Å². The normalized spacial score (nSPS) is 20.5. The van der Waals surface area contributed by atoms with E-state index in [-0.39, 0.29) is 11.9 Å². The molecule has 0 bridgehead atoms. The van der Waals surface area contributed by atoms with E-state index in [0.717, 1.165) is 32.8 Å². The van der Waals surface area contributed by atoms with Crippen LogP contribution in [0.3, 0.4) is 0 Å². The van der Waals surface area contributed by atoms with Crippen LogP contribution in [0.4, 0.5) is 0 Å². The predicted octanol–water partition coefficient (Wildman–Crippen LogP) is -1.76. The lowest BCUT2D eigenvalue weighted by Crippen LogP contribution is -2.56. The van der Waals surface area contributed by atoms with E-state index < -0.39 is 0 Å². The first-order valence-electron chi connectivity index (χ1n) is 6.13. The number of carbonyl (C=O) groups excluding carboxylic acids is 1. The largest absolute Gasteiger partial charge is 0.383 e. The molecule has 3 N–H and O–H groups in total. The Kier molecular flexibility index (Phi) is 7.11. The first-order chi connectivity index (χ1) is 8.24. The van der Waals surface area contributed by atoms with Gasteiger partial charge in [-0.25, -0.2) is 0 Å². The van der Waals surface area contributed by atoms with Crippen molar-refractivity contribution in [2.24, 2.45) is 0 Å². The zero-order chi connectivity index (χ0) is 12.5. The molecule has 6 nitrogen and oxygen atoms in total. The number of nitrogens with one attached hydrogen (secondary N) is 3. The molecule has 1 unspecified atom stereocenters. The van der Waals surface area contributed by atoms with Gasteiger partial charge in [0.15, 0.2) is 0 Å². The van der Waals surface area contributed by atoms with E-state index in [2.05, 4.69) is 20.9 Å². The second-order valence-electron chi connectivity index (χ2n) is 4.30. The molecule has 0 spiro atoms. The number of piperazine rings is 1. The minimum absolute atomic E-state index is 0.0809. The third-order valence-electron chi connectivity index (χ3n) is 2.83. The van der Waals surface area contributed by atoms with Crippen LogP contribution in [0.2, 0.25) is 0 Å². The molecule has 1 saturated heterocycles. The Morgan fingerprint density at radius 3 is 2.94 bits per heavy atom. The fourth-order valence-electron chi connectivity index (χ4n) is 1.69. The first kappa shape index (κ1) is 14.4. The van der Waals surface area contributed by atoms with Crippen LogP contribution < -0.4 is 16.0 Å². The van der Waals surface area contributed by atoms with Crippen molar-refractivity contribution in [2.75, 3.05) is 60.0 Å². The van der Waals surface area contributed by atoms with Gasteiger partial charge in [-0.1, -0.05) is 0 Å². The number of likely N-dealkylation sites (N-methyl/N-ethyl adjacent to an activating group) is 1. The second kappa shape index (κ2) is 8.41. The molecule has 1 aliphatic heterocycles. The van der Waals surface area contributed by atoms with E-state index in [1.165, 1.54) is 0 Å². The Morgan fingerprint density at radius 1 is 1.47 bits per heavy atom. The fraction of sp³-hybridized carbons (Fsp3) is 0.909.